The maximum absolute atomic E-state index is 12.1. The van der Waals surface area contributed by atoms with Crippen molar-refractivity contribution in [3.8, 4) is 0 Å². The molecule has 23 heavy (non-hydrogen) atoms. The second kappa shape index (κ2) is 14.0. The zero-order chi connectivity index (χ0) is 17.6. The Morgan fingerprint density at radius 1 is 0.957 bits per heavy atom. The maximum Gasteiger partial charge on any atom is 0.474 e. The van der Waals surface area contributed by atoms with Crippen LogP contribution >= 0.6 is 7.82 Å². The van der Waals surface area contributed by atoms with Crippen LogP contribution in [0.3, 0.4) is 0 Å². The summed E-state index contributed by atoms with van der Waals surface area (Å²) in [6, 6.07) is 0. The third-order valence-electron chi connectivity index (χ3n) is 3.34. The van der Waals surface area contributed by atoms with Gasteiger partial charge in [0.05, 0.1) is 19.8 Å². The molecule has 0 unspecified atom stereocenters. The molecule has 0 bridgehead atoms. The molecule has 0 aliphatic rings. The Balaban J connectivity index is 3.90. The van der Waals surface area contributed by atoms with Gasteiger partial charge in [-0.05, 0) is 39.5 Å². The van der Waals surface area contributed by atoms with E-state index < -0.39 is 7.82 Å². The monoisotopic (exact) mass is 351 g/mol. The lowest BCUT2D eigenvalue weighted by molar-refractivity contribution is -0.125. The largest absolute Gasteiger partial charge is 0.474 e. The third kappa shape index (κ3) is 10.9. The SMILES string of the molecule is CCCC(CCC)C(=O)NCCCCOP(=O)(OCC)OCC. The zero-order valence-corrected chi connectivity index (χ0v) is 16.0. The minimum Gasteiger partial charge on any atom is -0.356 e. The van der Waals surface area contributed by atoms with Crippen molar-refractivity contribution in [2.24, 2.45) is 5.92 Å². The Kier molecular flexibility index (Phi) is 13.7. The Labute approximate surface area is 141 Å². The fraction of sp³-hybridized carbons (Fsp3) is 0.938. The molecular weight excluding hydrogens is 317 g/mol. The molecule has 138 valence electrons. The molecule has 7 heteroatoms. The zero-order valence-electron chi connectivity index (χ0n) is 15.1. The lowest BCUT2D eigenvalue weighted by Gasteiger charge is -2.17. The molecular formula is C16H34NO5P. The van der Waals surface area contributed by atoms with Crippen LogP contribution in [0.25, 0.3) is 0 Å². The number of rotatable bonds is 15. The molecule has 0 fully saturated rings. The van der Waals surface area contributed by atoms with Gasteiger partial charge in [0.1, 0.15) is 0 Å². The van der Waals surface area contributed by atoms with Crippen LogP contribution in [0.4, 0.5) is 0 Å². The third-order valence-corrected chi connectivity index (χ3v) is 4.99. The first kappa shape index (κ1) is 22.6. The molecule has 1 amide bonds. The van der Waals surface area contributed by atoms with E-state index in [1.165, 1.54) is 0 Å². The summed E-state index contributed by atoms with van der Waals surface area (Å²) in [7, 11) is -3.41. The number of phosphoric ester groups is 1. The highest BCUT2D eigenvalue weighted by molar-refractivity contribution is 7.48. The van der Waals surface area contributed by atoms with Crippen molar-refractivity contribution in [2.75, 3.05) is 26.4 Å². The van der Waals surface area contributed by atoms with Crippen molar-refractivity contribution in [2.45, 2.75) is 66.2 Å². The Morgan fingerprint density at radius 2 is 1.52 bits per heavy atom. The van der Waals surface area contributed by atoms with E-state index >= 15 is 0 Å². The van der Waals surface area contributed by atoms with E-state index in [-0.39, 0.29) is 25.0 Å². The van der Waals surface area contributed by atoms with Crippen molar-refractivity contribution in [1.29, 1.82) is 0 Å². The predicted molar refractivity (Wildman–Crippen MR) is 92.4 cm³/mol. The van der Waals surface area contributed by atoms with Crippen molar-refractivity contribution in [3.05, 3.63) is 0 Å². The van der Waals surface area contributed by atoms with E-state index in [4.69, 9.17) is 13.6 Å². The average Bonchev–Trinajstić information content (AvgIpc) is 2.50. The van der Waals surface area contributed by atoms with Crippen LogP contribution in [-0.2, 0) is 22.9 Å². The molecule has 0 saturated carbocycles. The van der Waals surface area contributed by atoms with Crippen LogP contribution in [0.1, 0.15) is 66.2 Å². The van der Waals surface area contributed by atoms with E-state index in [0.717, 1.165) is 32.1 Å². The highest BCUT2D eigenvalue weighted by atomic mass is 31.2. The van der Waals surface area contributed by atoms with Crippen LogP contribution in [0.2, 0.25) is 0 Å². The van der Waals surface area contributed by atoms with Gasteiger partial charge in [-0.1, -0.05) is 26.7 Å². The van der Waals surface area contributed by atoms with Crippen LogP contribution < -0.4 is 5.32 Å². The number of hydrogen-bond acceptors (Lipinski definition) is 5. The summed E-state index contributed by atoms with van der Waals surface area (Å²) < 4.78 is 27.4. The second-order valence-corrected chi connectivity index (χ2v) is 7.06. The molecule has 6 nitrogen and oxygen atoms in total. The standard InChI is InChI=1S/C16H34NO5P/c1-5-11-15(12-6-2)16(18)17-13-9-10-14-22-23(19,20-7-3)21-8-4/h15H,5-14H2,1-4H3,(H,17,18). The van der Waals surface area contributed by atoms with Crippen molar-refractivity contribution < 1.29 is 22.9 Å². The maximum atomic E-state index is 12.1. The lowest BCUT2D eigenvalue weighted by Crippen LogP contribution is -2.31. The first-order chi connectivity index (χ1) is 11.0. The molecule has 0 radical (unpaired) electrons. The lowest BCUT2D eigenvalue weighted by atomic mass is 9.97. The Morgan fingerprint density at radius 3 is 2.00 bits per heavy atom. The molecule has 0 heterocycles. The summed E-state index contributed by atoms with van der Waals surface area (Å²) in [5.74, 6) is 0.265. The summed E-state index contributed by atoms with van der Waals surface area (Å²) in [6.07, 6.45) is 5.39. The molecule has 0 aromatic heterocycles. The van der Waals surface area contributed by atoms with Gasteiger partial charge in [0.15, 0.2) is 0 Å². The smallest absolute Gasteiger partial charge is 0.356 e. The summed E-state index contributed by atoms with van der Waals surface area (Å²) in [5.41, 5.74) is 0. The van der Waals surface area contributed by atoms with Gasteiger partial charge < -0.3 is 5.32 Å². The summed E-state index contributed by atoms with van der Waals surface area (Å²) in [5, 5.41) is 2.97. The van der Waals surface area contributed by atoms with Crippen molar-refractivity contribution in [1.82, 2.24) is 5.32 Å². The van der Waals surface area contributed by atoms with Crippen LogP contribution in [0, 0.1) is 5.92 Å². The minimum atomic E-state index is -3.41. The highest BCUT2D eigenvalue weighted by Gasteiger charge is 2.24. The van der Waals surface area contributed by atoms with Gasteiger partial charge in [0.25, 0.3) is 0 Å². The molecule has 0 aromatic carbocycles. The summed E-state index contributed by atoms with van der Waals surface area (Å²) in [6.45, 7) is 9.15. The number of phosphoric acid groups is 1. The van der Waals surface area contributed by atoms with E-state index in [0.29, 0.717) is 19.6 Å². The van der Waals surface area contributed by atoms with Gasteiger partial charge >= 0.3 is 7.82 Å². The summed E-state index contributed by atoms with van der Waals surface area (Å²) >= 11 is 0. The number of carbonyl (C=O) groups excluding carboxylic acids is 1. The second-order valence-electron chi connectivity index (χ2n) is 5.39. The molecule has 0 saturated heterocycles. The minimum absolute atomic E-state index is 0.123. The number of amides is 1. The number of nitrogens with one attached hydrogen (secondary N) is 1. The van der Waals surface area contributed by atoms with Crippen molar-refractivity contribution >= 4 is 13.7 Å². The molecule has 0 atom stereocenters. The number of unbranched alkanes of at least 4 members (excludes halogenated alkanes) is 1. The van der Waals surface area contributed by atoms with Gasteiger partial charge in [-0.2, -0.15) is 0 Å². The number of hydrogen-bond donors (Lipinski definition) is 1. The Bertz CT molecular complexity index is 335. The molecule has 0 aliphatic carbocycles. The van der Waals surface area contributed by atoms with Gasteiger partial charge in [0.2, 0.25) is 5.91 Å². The average molecular weight is 351 g/mol. The Hall–Kier alpha value is -0.420. The first-order valence-electron chi connectivity index (χ1n) is 8.84. The molecule has 0 aliphatic heterocycles. The van der Waals surface area contributed by atoms with E-state index in [1.807, 2.05) is 0 Å². The van der Waals surface area contributed by atoms with E-state index in [9.17, 15) is 9.36 Å². The topological polar surface area (TPSA) is 73.9 Å². The highest BCUT2D eigenvalue weighted by Crippen LogP contribution is 2.49. The summed E-state index contributed by atoms with van der Waals surface area (Å²) in [4.78, 5) is 12.1. The fourth-order valence-corrected chi connectivity index (χ4v) is 3.50. The van der Waals surface area contributed by atoms with Gasteiger partial charge in [-0.3, -0.25) is 18.4 Å². The van der Waals surface area contributed by atoms with E-state index in [1.54, 1.807) is 13.8 Å². The van der Waals surface area contributed by atoms with Crippen LogP contribution in [0.5, 0.6) is 0 Å². The van der Waals surface area contributed by atoms with Crippen LogP contribution in [0.15, 0.2) is 0 Å². The molecule has 0 rings (SSSR count). The molecule has 0 aromatic rings. The van der Waals surface area contributed by atoms with E-state index in [2.05, 4.69) is 19.2 Å². The molecule has 0 spiro atoms. The predicted octanol–water partition coefficient (Wildman–Crippen LogP) is 4.30. The van der Waals surface area contributed by atoms with Crippen molar-refractivity contribution in [3.63, 3.8) is 0 Å². The number of carbonyl (C=O) groups is 1. The van der Waals surface area contributed by atoms with Gasteiger partial charge in [-0.25, -0.2) is 4.57 Å². The quantitative estimate of drug-likeness (QED) is 0.352. The van der Waals surface area contributed by atoms with Gasteiger partial charge in [0, 0.05) is 12.5 Å². The molecule has 1 N–H and O–H groups in total. The van der Waals surface area contributed by atoms with Crippen LogP contribution in [-0.4, -0.2) is 32.3 Å². The first-order valence-corrected chi connectivity index (χ1v) is 10.3. The fourth-order valence-electron chi connectivity index (χ4n) is 2.29. The van der Waals surface area contributed by atoms with Gasteiger partial charge in [-0.15, -0.1) is 0 Å². The normalized spacial score (nSPS) is 11.9.